The molecule has 0 aliphatic heterocycles. The van der Waals surface area contributed by atoms with Crippen molar-refractivity contribution in [1.29, 1.82) is 5.26 Å². The summed E-state index contributed by atoms with van der Waals surface area (Å²) in [5, 5.41) is 14.9. The Balaban J connectivity index is 0.000000248. The van der Waals surface area contributed by atoms with E-state index in [1.165, 1.54) is 64.2 Å². The second-order valence-electron chi connectivity index (χ2n) is 15.3. The lowest BCUT2D eigenvalue weighted by atomic mass is 9.70. The van der Waals surface area contributed by atoms with Crippen molar-refractivity contribution >= 4 is 0 Å². The SMILES string of the molecule is CCCCCCCCCCCC[n+]1ccc(C#N)cc1.c1ccc(C([N-]C(c2ccccc2)(c2ccccc2)c2ccccc2)(c2ccccc2)c2ccccc2)cc1. The first-order valence-corrected chi connectivity index (χ1v) is 21.7. The molecule has 7 rings (SSSR count). The second kappa shape index (κ2) is 22.8. The van der Waals surface area contributed by atoms with E-state index in [1.807, 2.05) is 24.5 Å². The van der Waals surface area contributed by atoms with Crippen molar-refractivity contribution in [3.63, 3.8) is 0 Å². The molecular weight excluding hydrogens is 715 g/mol. The molecule has 0 bridgehead atoms. The van der Waals surface area contributed by atoms with Crippen LogP contribution in [0, 0.1) is 11.3 Å². The van der Waals surface area contributed by atoms with Crippen molar-refractivity contribution in [2.75, 3.05) is 0 Å². The number of benzene rings is 6. The average molecular weight is 774 g/mol. The third-order valence-corrected chi connectivity index (χ3v) is 11.3. The number of hydrogen-bond donors (Lipinski definition) is 0. The van der Waals surface area contributed by atoms with E-state index in [1.54, 1.807) is 0 Å². The Labute approximate surface area is 354 Å². The van der Waals surface area contributed by atoms with Crippen molar-refractivity contribution in [3.8, 4) is 6.07 Å². The highest BCUT2D eigenvalue weighted by atomic mass is 15.1. The molecule has 0 N–H and O–H groups in total. The van der Waals surface area contributed by atoms with E-state index in [0.717, 1.165) is 45.5 Å². The maximum Gasteiger partial charge on any atom is 0.170 e. The van der Waals surface area contributed by atoms with Gasteiger partial charge in [0.2, 0.25) is 0 Å². The fourth-order valence-corrected chi connectivity index (χ4v) is 8.18. The van der Waals surface area contributed by atoms with E-state index in [9.17, 15) is 0 Å². The van der Waals surface area contributed by atoms with Crippen LogP contribution in [0.4, 0.5) is 0 Å². The Morgan fingerprint density at radius 1 is 0.390 bits per heavy atom. The lowest BCUT2D eigenvalue weighted by molar-refractivity contribution is -0.697. The van der Waals surface area contributed by atoms with E-state index >= 15 is 0 Å². The summed E-state index contributed by atoms with van der Waals surface area (Å²) in [5.74, 6) is 0. The van der Waals surface area contributed by atoms with Crippen LogP contribution in [0.3, 0.4) is 0 Å². The summed E-state index contributed by atoms with van der Waals surface area (Å²) in [6.07, 6.45) is 17.8. The monoisotopic (exact) mass is 773 g/mol. The Morgan fingerprint density at radius 2 is 0.661 bits per heavy atom. The van der Waals surface area contributed by atoms with Gasteiger partial charge in [0.05, 0.1) is 11.6 Å². The molecule has 1 heterocycles. The molecule has 0 saturated heterocycles. The van der Waals surface area contributed by atoms with Crippen molar-refractivity contribution in [3.05, 3.63) is 251 Å². The molecule has 0 radical (unpaired) electrons. The number of nitriles is 1. The quantitative estimate of drug-likeness (QED) is 0.0458. The van der Waals surface area contributed by atoms with Gasteiger partial charge in [-0.2, -0.15) is 5.26 Å². The van der Waals surface area contributed by atoms with Gasteiger partial charge in [-0.25, -0.2) is 4.57 Å². The molecule has 0 fully saturated rings. The topological polar surface area (TPSA) is 41.8 Å². The van der Waals surface area contributed by atoms with Crippen LogP contribution in [0.1, 0.15) is 110 Å². The molecule has 3 nitrogen and oxygen atoms in total. The van der Waals surface area contributed by atoms with Crippen LogP contribution >= 0.6 is 0 Å². The molecule has 0 atom stereocenters. The first-order valence-electron chi connectivity index (χ1n) is 21.7. The summed E-state index contributed by atoms with van der Waals surface area (Å²) in [5.41, 5.74) is 5.86. The van der Waals surface area contributed by atoms with E-state index < -0.39 is 11.1 Å². The normalized spacial score (nSPS) is 11.3. The molecule has 0 amide bonds. The highest BCUT2D eigenvalue weighted by Gasteiger charge is 2.36. The van der Waals surface area contributed by atoms with E-state index in [0.29, 0.717) is 0 Å². The van der Waals surface area contributed by atoms with Gasteiger partial charge < -0.3 is 5.32 Å². The second-order valence-corrected chi connectivity index (χ2v) is 15.3. The van der Waals surface area contributed by atoms with Crippen molar-refractivity contribution in [1.82, 2.24) is 0 Å². The number of hydrogen-bond acceptors (Lipinski definition) is 1. The van der Waals surface area contributed by atoms with Gasteiger partial charge in [-0.1, -0.05) is 274 Å². The zero-order valence-electron chi connectivity index (χ0n) is 34.7. The van der Waals surface area contributed by atoms with Crippen LogP contribution in [-0.4, -0.2) is 0 Å². The molecule has 0 saturated carbocycles. The van der Waals surface area contributed by atoms with Gasteiger partial charge in [-0.3, -0.25) is 0 Å². The molecule has 3 heteroatoms. The molecule has 6 aromatic carbocycles. The Kier molecular flexibility index (Phi) is 16.4. The predicted octanol–water partition coefficient (Wildman–Crippen LogP) is 14.1. The minimum atomic E-state index is -0.800. The summed E-state index contributed by atoms with van der Waals surface area (Å²) in [4.78, 5) is 0. The third kappa shape index (κ3) is 11.1. The van der Waals surface area contributed by atoms with Crippen LogP contribution in [-0.2, 0) is 17.6 Å². The molecule has 0 spiro atoms. The highest BCUT2D eigenvalue weighted by molar-refractivity contribution is 5.64. The number of nitrogens with zero attached hydrogens (tertiary/aromatic N) is 3. The van der Waals surface area contributed by atoms with Gasteiger partial charge in [-0.15, -0.1) is 0 Å². The molecule has 59 heavy (non-hydrogen) atoms. The van der Waals surface area contributed by atoms with Crippen molar-refractivity contribution in [2.24, 2.45) is 0 Å². The fraction of sp³-hybridized carbons (Fsp3) is 0.250. The number of aromatic nitrogens is 1. The fourth-order valence-electron chi connectivity index (χ4n) is 8.18. The Morgan fingerprint density at radius 3 is 0.932 bits per heavy atom. The van der Waals surface area contributed by atoms with E-state index in [4.69, 9.17) is 10.6 Å². The zero-order valence-corrected chi connectivity index (χ0v) is 34.7. The molecule has 1 aromatic heterocycles. The number of pyridine rings is 1. The first-order chi connectivity index (χ1) is 29.2. The maximum absolute atomic E-state index is 8.73. The largest absolute Gasteiger partial charge is 0.628 e. The number of aryl methyl sites for hydroxylation is 1. The summed E-state index contributed by atoms with van der Waals surface area (Å²) >= 11 is 0. The summed E-state index contributed by atoms with van der Waals surface area (Å²) in [7, 11) is 0. The molecule has 0 aliphatic carbocycles. The smallest absolute Gasteiger partial charge is 0.170 e. The van der Waals surface area contributed by atoms with Crippen LogP contribution in [0.5, 0.6) is 0 Å². The summed E-state index contributed by atoms with van der Waals surface area (Å²) in [6.45, 7) is 3.34. The minimum absolute atomic E-state index is 0.740. The number of unbranched alkanes of at least 4 members (excludes halogenated alkanes) is 9. The summed E-state index contributed by atoms with van der Waals surface area (Å²) < 4.78 is 2.17. The van der Waals surface area contributed by atoms with Crippen LogP contribution < -0.4 is 4.57 Å². The van der Waals surface area contributed by atoms with Crippen LogP contribution in [0.25, 0.3) is 5.32 Å². The molecular formula is C56H59N3. The first kappa shape index (κ1) is 42.5. The zero-order chi connectivity index (χ0) is 40.9. The van der Waals surface area contributed by atoms with E-state index in [-0.39, 0.29) is 0 Å². The van der Waals surface area contributed by atoms with E-state index in [2.05, 4.69) is 200 Å². The van der Waals surface area contributed by atoms with Gasteiger partial charge in [-0.05, 0) is 17.5 Å². The van der Waals surface area contributed by atoms with Crippen molar-refractivity contribution in [2.45, 2.75) is 88.8 Å². The lowest BCUT2D eigenvalue weighted by Crippen LogP contribution is -2.39. The minimum Gasteiger partial charge on any atom is -0.628 e. The standard InChI is InChI=1S/C38H30N.C18H29N2/c1-7-19-31(20-8-1)37(32-21-9-2-10-22-32,33-23-11-3-12-24-33)39-38(34-25-13-4-14-26-34,35-27-15-5-16-28-35)36-29-17-6-18-30-36;1-2-3-4-5-6-7-8-9-10-11-14-20-15-12-18(17-19)13-16-20/h1-30H;12-13,15-16H,2-11,14H2,1H3/q-1;+1. The highest BCUT2D eigenvalue weighted by Crippen LogP contribution is 2.55. The van der Waals surface area contributed by atoms with Crippen LogP contribution in [0.2, 0.25) is 0 Å². The predicted molar refractivity (Wildman–Crippen MR) is 245 cm³/mol. The summed E-state index contributed by atoms with van der Waals surface area (Å²) in [6, 6.07) is 70.1. The Hall–Kier alpha value is -6.08. The van der Waals surface area contributed by atoms with Crippen LogP contribution in [0.15, 0.2) is 207 Å². The average Bonchev–Trinajstić information content (AvgIpc) is 3.32. The van der Waals surface area contributed by atoms with Gasteiger partial charge in [0.25, 0.3) is 0 Å². The molecule has 298 valence electrons. The third-order valence-electron chi connectivity index (χ3n) is 11.3. The number of rotatable bonds is 19. The molecule has 0 aliphatic rings. The van der Waals surface area contributed by atoms with Gasteiger partial charge in [0, 0.05) is 18.6 Å². The molecule has 0 unspecified atom stereocenters. The molecule has 7 aromatic rings. The van der Waals surface area contributed by atoms with Crippen molar-refractivity contribution < 1.29 is 4.57 Å². The van der Waals surface area contributed by atoms with Gasteiger partial charge in [0.1, 0.15) is 6.54 Å². The van der Waals surface area contributed by atoms with Gasteiger partial charge in [0.15, 0.2) is 12.4 Å². The maximum atomic E-state index is 8.73. The Bertz CT molecular complexity index is 1900. The lowest BCUT2D eigenvalue weighted by Gasteiger charge is -2.60. The van der Waals surface area contributed by atoms with Gasteiger partial charge >= 0.3 is 0 Å².